The number of hydrogen-bond acceptors (Lipinski definition) is 4. The lowest BCUT2D eigenvalue weighted by Crippen LogP contribution is -2.26. The Morgan fingerprint density at radius 2 is 2.32 bits per heavy atom. The van der Waals surface area contributed by atoms with Crippen molar-refractivity contribution in [3.63, 3.8) is 0 Å². The lowest BCUT2D eigenvalue weighted by atomic mass is 9.97. The van der Waals surface area contributed by atoms with Crippen LogP contribution in [0.5, 0.6) is 5.75 Å². The molecule has 2 atom stereocenters. The highest BCUT2D eigenvalue weighted by molar-refractivity contribution is 7.09. The average molecular weight is 295 g/mol. The monoisotopic (exact) mass is 294 g/mol. The molecule has 3 rings (SSSR count). The summed E-state index contributed by atoms with van der Waals surface area (Å²) in [6, 6.07) is 6.02. The van der Waals surface area contributed by atoms with E-state index in [1.54, 1.807) is 11.3 Å². The molecule has 0 spiro atoms. The number of thiazole rings is 1. The van der Waals surface area contributed by atoms with Crippen molar-refractivity contribution in [2.24, 2.45) is 0 Å². The van der Waals surface area contributed by atoms with Crippen LogP contribution in [0.4, 0.5) is 0 Å². The molecular formula is C14H15ClN2OS. The van der Waals surface area contributed by atoms with Gasteiger partial charge in [-0.1, -0.05) is 11.6 Å². The van der Waals surface area contributed by atoms with Crippen LogP contribution in [0, 0.1) is 6.92 Å². The molecule has 1 aromatic carbocycles. The number of rotatable bonds is 2. The van der Waals surface area contributed by atoms with E-state index in [0.717, 1.165) is 33.5 Å². The van der Waals surface area contributed by atoms with Crippen molar-refractivity contribution in [1.29, 1.82) is 0 Å². The number of nitrogens with zero attached hydrogens (tertiary/aromatic N) is 1. The Hall–Kier alpha value is -1.10. The minimum Gasteiger partial charge on any atom is -0.483 e. The van der Waals surface area contributed by atoms with E-state index in [2.05, 4.69) is 15.7 Å². The van der Waals surface area contributed by atoms with Crippen LogP contribution in [0.1, 0.15) is 34.8 Å². The zero-order chi connectivity index (χ0) is 13.4. The molecule has 2 unspecified atom stereocenters. The first-order valence-electron chi connectivity index (χ1n) is 6.23. The summed E-state index contributed by atoms with van der Waals surface area (Å²) in [5, 5.41) is 7.17. The van der Waals surface area contributed by atoms with Crippen LogP contribution >= 0.6 is 22.9 Å². The van der Waals surface area contributed by atoms with E-state index in [1.807, 2.05) is 32.2 Å². The number of halogens is 1. The smallest absolute Gasteiger partial charge is 0.152 e. The lowest BCUT2D eigenvalue weighted by Gasteiger charge is -2.31. The van der Waals surface area contributed by atoms with Gasteiger partial charge < -0.3 is 10.1 Å². The van der Waals surface area contributed by atoms with Crippen molar-refractivity contribution >= 4 is 22.9 Å². The van der Waals surface area contributed by atoms with Crippen molar-refractivity contribution in [1.82, 2.24) is 10.3 Å². The molecule has 0 radical (unpaired) electrons. The highest BCUT2D eigenvalue weighted by atomic mass is 35.5. The highest BCUT2D eigenvalue weighted by Gasteiger charge is 2.30. The number of aryl methyl sites for hydroxylation is 1. The Bertz CT molecular complexity index is 599. The molecule has 2 heterocycles. The predicted octanol–water partition coefficient (Wildman–Crippen LogP) is 3.89. The van der Waals surface area contributed by atoms with Crippen LogP contribution < -0.4 is 10.1 Å². The van der Waals surface area contributed by atoms with Crippen molar-refractivity contribution in [2.45, 2.75) is 25.5 Å². The summed E-state index contributed by atoms with van der Waals surface area (Å²) in [6.45, 7) is 2.01. The summed E-state index contributed by atoms with van der Waals surface area (Å²) >= 11 is 7.72. The number of fused-ring (bicyclic) bond motifs is 1. The van der Waals surface area contributed by atoms with Gasteiger partial charge in [-0.05, 0) is 32.2 Å². The zero-order valence-corrected chi connectivity index (χ0v) is 12.4. The van der Waals surface area contributed by atoms with Gasteiger partial charge in [-0.15, -0.1) is 11.3 Å². The van der Waals surface area contributed by atoms with E-state index in [0.29, 0.717) is 0 Å². The Labute approximate surface area is 121 Å². The van der Waals surface area contributed by atoms with Gasteiger partial charge in [0.25, 0.3) is 0 Å². The van der Waals surface area contributed by atoms with Crippen molar-refractivity contribution < 1.29 is 4.74 Å². The molecule has 5 heteroatoms. The fraction of sp³-hybridized carbons (Fsp3) is 0.357. The summed E-state index contributed by atoms with van der Waals surface area (Å²) in [6.07, 6.45) is 0.890. The van der Waals surface area contributed by atoms with Gasteiger partial charge in [0, 0.05) is 34.1 Å². The van der Waals surface area contributed by atoms with Gasteiger partial charge >= 0.3 is 0 Å². The quantitative estimate of drug-likeness (QED) is 0.912. The van der Waals surface area contributed by atoms with Crippen LogP contribution in [-0.4, -0.2) is 12.0 Å². The molecule has 1 N–H and O–H groups in total. The van der Waals surface area contributed by atoms with Crippen molar-refractivity contribution in [2.75, 3.05) is 7.05 Å². The molecule has 100 valence electrons. The topological polar surface area (TPSA) is 34.2 Å². The van der Waals surface area contributed by atoms with E-state index in [1.165, 1.54) is 0 Å². The number of nitrogens with one attached hydrogen (secondary N) is 1. The van der Waals surface area contributed by atoms with Gasteiger partial charge in [0.15, 0.2) is 6.10 Å². The molecule has 3 nitrogen and oxygen atoms in total. The third-order valence-corrected chi connectivity index (χ3v) is 4.62. The van der Waals surface area contributed by atoms with Gasteiger partial charge in [0.05, 0.1) is 0 Å². The number of benzene rings is 1. The summed E-state index contributed by atoms with van der Waals surface area (Å²) in [4.78, 5) is 4.53. The van der Waals surface area contributed by atoms with E-state index in [9.17, 15) is 0 Å². The fourth-order valence-corrected chi connectivity index (χ4v) is 3.40. The molecule has 1 aliphatic heterocycles. The molecule has 0 fully saturated rings. The number of hydrogen-bond donors (Lipinski definition) is 1. The van der Waals surface area contributed by atoms with Gasteiger partial charge in [0.1, 0.15) is 10.8 Å². The first-order chi connectivity index (χ1) is 9.17. The molecule has 0 saturated carbocycles. The highest BCUT2D eigenvalue weighted by Crippen LogP contribution is 2.42. The molecule has 19 heavy (non-hydrogen) atoms. The van der Waals surface area contributed by atoms with Gasteiger partial charge in [0.2, 0.25) is 0 Å². The normalized spacial score (nSPS) is 21.8. The molecule has 0 amide bonds. The van der Waals surface area contributed by atoms with Crippen LogP contribution in [-0.2, 0) is 0 Å². The van der Waals surface area contributed by atoms with Gasteiger partial charge in [-0.2, -0.15) is 0 Å². The molecule has 1 aromatic heterocycles. The molecule has 1 aliphatic rings. The second-order valence-electron chi connectivity index (χ2n) is 4.69. The van der Waals surface area contributed by atoms with E-state index in [-0.39, 0.29) is 12.1 Å². The van der Waals surface area contributed by atoms with Gasteiger partial charge in [-0.3, -0.25) is 0 Å². The third-order valence-electron chi connectivity index (χ3n) is 3.33. The number of aromatic nitrogens is 1. The number of ether oxygens (including phenoxy) is 1. The first-order valence-corrected chi connectivity index (χ1v) is 7.48. The second-order valence-corrected chi connectivity index (χ2v) is 6.02. The van der Waals surface area contributed by atoms with Crippen LogP contribution in [0.2, 0.25) is 5.02 Å². The standard InChI is InChI=1S/C14H15ClN2OS/c1-8-7-19-14(17-8)13-6-11(16-2)10-5-9(15)3-4-12(10)18-13/h3-5,7,11,13,16H,6H2,1-2H3. The Balaban J connectivity index is 1.95. The van der Waals surface area contributed by atoms with Crippen LogP contribution in [0.25, 0.3) is 0 Å². The average Bonchev–Trinajstić information content (AvgIpc) is 2.84. The van der Waals surface area contributed by atoms with Crippen molar-refractivity contribution in [3.05, 3.63) is 44.9 Å². The SMILES string of the molecule is CNC1CC(c2nc(C)cs2)Oc2ccc(Cl)cc21. The summed E-state index contributed by atoms with van der Waals surface area (Å²) in [5.74, 6) is 0.896. The van der Waals surface area contributed by atoms with E-state index < -0.39 is 0 Å². The molecule has 0 aliphatic carbocycles. The Morgan fingerprint density at radius 3 is 3.00 bits per heavy atom. The molecule has 2 aromatic rings. The maximum atomic E-state index is 6.07. The molecule has 0 bridgehead atoms. The summed E-state index contributed by atoms with van der Waals surface area (Å²) in [7, 11) is 1.96. The first kappa shape index (κ1) is 12.9. The van der Waals surface area contributed by atoms with Crippen LogP contribution in [0.3, 0.4) is 0 Å². The van der Waals surface area contributed by atoms with Gasteiger partial charge in [-0.25, -0.2) is 4.98 Å². The molecule has 0 saturated heterocycles. The van der Waals surface area contributed by atoms with E-state index >= 15 is 0 Å². The minimum absolute atomic E-state index is 0.0184. The van der Waals surface area contributed by atoms with Crippen LogP contribution in [0.15, 0.2) is 23.6 Å². The second kappa shape index (κ2) is 5.12. The van der Waals surface area contributed by atoms with Crippen molar-refractivity contribution in [3.8, 4) is 5.75 Å². The fourth-order valence-electron chi connectivity index (χ4n) is 2.39. The minimum atomic E-state index is 0.0184. The lowest BCUT2D eigenvalue weighted by molar-refractivity contribution is 0.153. The zero-order valence-electron chi connectivity index (χ0n) is 10.8. The summed E-state index contributed by atoms with van der Waals surface area (Å²) < 4.78 is 6.07. The maximum Gasteiger partial charge on any atom is 0.152 e. The predicted molar refractivity (Wildman–Crippen MR) is 78.1 cm³/mol. The van der Waals surface area contributed by atoms with E-state index in [4.69, 9.17) is 16.3 Å². The third kappa shape index (κ3) is 2.48. The maximum absolute atomic E-state index is 6.07. The summed E-state index contributed by atoms with van der Waals surface area (Å²) in [5.41, 5.74) is 2.17. The molecular weight excluding hydrogens is 280 g/mol. The Morgan fingerprint density at radius 1 is 1.47 bits per heavy atom. The largest absolute Gasteiger partial charge is 0.483 e. The Kier molecular flexibility index (Phi) is 3.48.